The fourth-order valence-electron chi connectivity index (χ4n) is 4.70. The van der Waals surface area contributed by atoms with E-state index in [-0.39, 0.29) is 22.6 Å². The number of amides is 2. The number of H-pyrrole nitrogens is 1. The first-order chi connectivity index (χ1) is 15.9. The highest BCUT2D eigenvalue weighted by Crippen LogP contribution is 2.53. The third-order valence-electron chi connectivity index (χ3n) is 6.29. The molecular weight excluding hydrogens is 522 g/mol. The molecule has 0 bridgehead atoms. The van der Waals surface area contributed by atoms with Crippen LogP contribution in [-0.4, -0.2) is 35.1 Å². The molecule has 0 radical (unpaired) electrons. The van der Waals surface area contributed by atoms with Crippen LogP contribution in [0.2, 0.25) is 0 Å². The number of aromatic amines is 1. The van der Waals surface area contributed by atoms with E-state index in [0.29, 0.717) is 10.7 Å². The highest BCUT2D eigenvalue weighted by Gasteiger charge is 2.56. The van der Waals surface area contributed by atoms with Crippen LogP contribution in [0.4, 0.5) is 11.4 Å². The molecule has 33 heavy (non-hydrogen) atoms. The highest BCUT2D eigenvalue weighted by atomic mass is 79.9. The molecule has 2 unspecified atom stereocenters. The molecule has 1 saturated heterocycles. The van der Waals surface area contributed by atoms with Crippen molar-refractivity contribution in [1.82, 2.24) is 4.98 Å². The number of hydrogen-bond donors (Lipinski definition) is 1. The van der Waals surface area contributed by atoms with Crippen molar-refractivity contribution >= 4 is 62.2 Å². The molecule has 0 spiro atoms. The Kier molecular flexibility index (Phi) is 5.96. The predicted octanol–water partition coefficient (Wildman–Crippen LogP) is 4.84. The van der Waals surface area contributed by atoms with Gasteiger partial charge in [-0.25, -0.2) is 4.90 Å². The topological polar surface area (TPSA) is 73.5 Å². The first-order valence-corrected chi connectivity index (χ1v) is 13.3. The van der Waals surface area contributed by atoms with Gasteiger partial charge in [0, 0.05) is 34.0 Å². The second kappa shape index (κ2) is 8.77. The van der Waals surface area contributed by atoms with Crippen molar-refractivity contribution in [3.05, 3.63) is 73.1 Å². The molecule has 1 N–H and O–H groups in total. The van der Waals surface area contributed by atoms with Gasteiger partial charge in [-0.15, -0.1) is 0 Å². The molecule has 3 aromatic rings. The molecule has 0 saturated carbocycles. The Bertz CT molecular complexity index is 1270. The highest BCUT2D eigenvalue weighted by molar-refractivity contribution is 9.10. The van der Waals surface area contributed by atoms with Crippen LogP contribution in [0.25, 0.3) is 0 Å². The van der Waals surface area contributed by atoms with Gasteiger partial charge in [0.15, 0.2) is 0 Å². The largest absolute Gasteiger partial charge is 0.372 e. The summed E-state index contributed by atoms with van der Waals surface area (Å²) in [5.41, 5.74) is 2.62. The lowest BCUT2D eigenvalue weighted by Gasteiger charge is -2.30. The average Bonchev–Trinajstić information content (AvgIpc) is 3.30. The molecular formula is C24H22BrN3O3S2. The molecule has 3 atom stereocenters. The van der Waals surface area contributed by atoms with Crippen molar-refractivity contribution < 1.29 is 9.59 Å². The SMILES string of the molecule is CCN(CC)c1ccc([C@H]2c3sc(=O)[nH]c3SC3C(=O)N(c4ccc(Br)cc4)C(=O)C32)cc1. The van der Waals surface area contributed by atoms with Crippen LogP contribution < -0.4 is 14.7 Å². The van der Waals surface area contributed by atoms with E-state index >= 15 is 0 Å². The number of anilines is 2. The van der Waals surface area contributed by atoms with Gasteiger partial charge >= 0.3 is 4.87 Å². The van der Waals surface area contributed by atoms with Gasteiger partial charge in [0.2, 0.25) is 11.8 Å². The van der Waals surface area contributed by atoms with Crippen LogP contribution in [0.3, 0.4) is 0 Å². The van der Waals surface area contributed by atoms with Crippen LogP contribution in [0.5, 0.6) is 0 Å². The maximum Gasteiger partial charge on any atom is 0.305 e. The van der Waals surface area contributed by atoms with Crippen LogP contribution in [0, 0.1) is 5.92 Å². The van der Waals surface area contributed by atoms with Crippen molar-refractivity contribution in [2.45, 2.75) is 30.0 Å². The lowest BCUT2D eigenvalue weighted by molar-refractivity contribution is -0.122. The van der Waals surface area contributed by atoms with Gasteiger partial charge in [0.25, 0.3) is 0 Å². The molecule has 2 aliphatic heterocycles. The van der Waals surface area contributed by atoms with Gasteiger partial charge in [0.1, 0.15) is 5.25 Å². The number of aromatic nitrogens is 1. The Morgan fingerprint density at radius 2 is 1.64 bits per heavy atom. The number of thiazole rings is 1. The minimum atomic E-state index is -0.577. The third kappa shape index (κ3) is 3.76. The Balaban J connectivity index is 1.59. The normalized spacial score (nSPS) is 21.8. The Hall–Kier alpha value is -2.36. The number of carbonyl (C=O) groups is 2. The summed E-state index contributed by atoms with van der Waals surface area (Å²) >= 11 is 5.84. The van der Waals surface area contributed by atoms with Crippen molar-refractivity contribution in [1.29, 1.82) is 0 Å². The monoisotopic (exact) mass is 543 g/mol. The molecule has 2 aromatic carbocycles. The summed E-state index contributed by atoms with van der Waals surface area (Å²) in [6, 6.07) is 15.4. The van der Waals surface area contributed by atoms with Gasteiger partial charge in [-0.1, -0.05) is 51.2 Å². The lowest BCUT2D eigenvalue weighted by atomic mass is 9.83. The van der Waals surface area contributed by atoms with E-state index in [1.807, 2.05) is 24.3 Å². The van der Waals surface area contributed by atoms with E-state index in [0.717, 1.165) is 45.0 Å². The van der Waals surface area contributed by atoms with Crippen molar-refractivity contribution in [3.63, 3.8) is 0 Å². The van der Waals surface area contributed by atoms with Crippen LogP contribution in [0.15, 0.2) is 62.8 Å². The maximum absolute atomic E-state index is 13.7. The molecule has 5 rings (SSSR count). The van der Waals surface area contributed by atoms with E-state index in [1.54, 1.807) is 12.1 Å². The summed E-state index contributed by atoms with van der Waals surface area (Å²) in [5, 5.41) is 0.120. The maximum atomic E-state index is 13.7. The summed E-state index contributed by atoms with van der Waals surface area (Å²) in [4.78, 5) is 46.4. The number of nitrogens with one attached hydrogen (secondary N) is 1. The fraction of sp³-hybridized carbons (Fsp3) is 0.292. The minimum Gasteiger partial charge on any atom is -0.372 e. The summed E-state index contributed by atoms with van der Waals surface area (Å²) in [5.74, 6) is -1.37. The van der Waals surface area contributed by atoms with E-state index in [4.69, 9.17) is 0 Å². The number of imide groups is 1. The lowest BCUT2D eigenvalue weighted by Crippen LogP contribution is -2.32. The molecule has 1 fully saturated rings. The zero-order valence-corrected chi connectivity index (χ0v) is 21.3. The van der Waals surface area contributed by atoms with Crippen LogP contribution >= 0.6 is 39.0 Å². The van der Waals surface area contributed by atoms with Gasteiger partial charge < -0.3 is 9.88 Å². The number of fused-ring (bicyclic) bond motifs is 2. The molecule has 3 heterocycles. The first-order valence-electron chi connectivity index (χ1n) is 10.8. The second-order valence-electron chi connectivity index (χ2n) is 8.00. The van der Waals surface area contributed by atoms with Crippen molar-refractivity contribution in [2.24, 2.45) is 5.92 Å². The van der Waals surface area contributed by atoms with E-state index < -0.39 is 11.2 Å². The number of carbonyl (C=O) groups excluding carboxylic acids is 2. The van der Waals surface area contributed by atoms with E-state index in [2.05, 4.69) is 51.8 Å². The Morgan fingerprint density at radius 1 is 0.970 bits per heavy atom. The van der Waals surface area contributed by atoms with Crippen molar-refractivity contribution in [3.8, 4) is 0 Å². The van der Waals surface area contributed by atoms with Gasteiger partial charge in [-0.3, -0.25) is 14.4 Å². The first kappa shape index (κ1) is 22.4. The number of nitrogens with zero attached hydrogens (tertiary/aromatic N) is 2. The summed E-state index contributed by atoms with van der Waals surface area (Å²) in [6.45, 7) is 6.03. The molecule has 170 valence electrons. The fourth-order valence-corrected chi connectivity index (χ4v) is 7.48. The van der Waals surface area contributed by atoms with Crippen molar-refractivity contribution in [2.75, 3.05) is 22.9 Å². The number of hydrogen-bond acceptors (Lipinski definition) is 6. The van der Waals surface area contributed by atoms with Gasteiger partial charge in [-0.2, -0.15) is 0 Å². The molecule has 9 heteroatoms. The zero-order valence-electron chi connectivity index (χ0n) is 18.1. The Labute approximate surface area is 208 Å². The predicted molar refractivity (Wildman–Crippen MR) is 137 cm³/mol. The average molecular weight is 544 g/mol. The summed E-state index contributed by atoms with van der Waals surface area (Å²) in [6.07, 6.45) is 0. The van der Waals surface area contributed by atoms with Gasteiger partial charge in [0.05, 0.1) is 16.6 Å². The smallest absolute Gasteiger partial charge is 0.305 e. The zero-order chi connectivity index (χ0) is 23.3. The quantitative estimate of drug-likeness (QED) is 0.466. The van der Waals surface area contributed by atoms with Crippen LogP contribution in [-0.2, 0) is 9.59 Å². The number of halogens is 1. The van der Waals surface area contributed by atoms with E-state index in [9.17, 15) is 14.4 Å². The number of thioether (sulfide) groups is 1. The molecule has 1 aromatic heterocycles. The van der Waals surface area contributed by atoms with E-state index in [1.165, 1.54) is 16.7 Å². The van der Waals surface area contributed by atoms with Crippen LogP contribution in [0.1, 0.15) is 30.2 Å². The summed E-state index contributed by atoms with van der Waals surface area (Å²) < 4.78 is 0.878. The molecule has 2 amide bonds. The van der Waals surface area contributed by atoms with Gasteiger partial charge in [-0.05, 0) is 55.8 Å². The minimum absolute atomic E-state index is 0.165. The molecule has 6 nitrogen and oxygen atoms in total. The standard InChI is InChI=1S/C24H22BrN3O3S2/c1-3-27(4-2)15-9-5-13(6-10-15)17-18-20(32-21-19(17)33-24(31)26-21)23(30)28(22(18)29)16-11-7-14(25)8-12-16/h5-12,17-18,20H,3-4H2,1-2H3,(H,26,31)/t17-,18?,20?/m1/s1. The number of benzene rings is 2. The molecule has 2 aliphatic rings. The summed E-state index contributed by atoms with van der Waals surface area (Å²) in [7, 11) is 0. The number of rotatable bonds is 5. The molecule has 0 aliphatic carbocycles. The second-order valence-corrected chi connectivity index (χ2v) is 11.1. The Morgan fingerprint density at radius 3 is 2.27 bits per heavy atom. The third-order valence-corrected chi connectivity index (χ3v) is 9.22.